The number of fused-ring (bicyclic) bond motifs is 1. The Morgan fingerprint density at radius 3 is 2.31 bits per heavy atom. The van der Waals surface area contributed by atoms with Crippen molar-refractivity contribution in [1.82, 2.24) is 19.7 Å². The first-order valence-electron chi connectivity index (χ1n) is 13.3. The number of benzene rings is 2. The Balaban J connectivity index is 1.45. The highest BCUT2D eigenvalue weighted by molar-refractivity contribution is 6.30. The number of aliphatic hydroxyl groups excluding tert-OH is 1. The Hall–Kier alpha value is -2.07. The summed E-state index contributed by atoms with van der Waals surface area (Å²) in [7, 11) is 1.73. The van der Waals surface area contributed by atoms with Crippen LogP contribution in [0, 0.1) is 0 Å². The number of nitrogens with zero attached hydrogens (tertiary/aromatic N) is 4. The van der Waals surface area contributed by atoms with Crippen LogP contribution in [0.2, 0.25) is 10.0 Å². The Morgan fingerprint density at radius 1 is 0.974 bits per heavy atom. The van der Waals surface area contributed by atoms with E-state index in [0.29, 0.717) is 36.2 Å². The maximum Gasteiger partial charge on any atom is 0.174 e. The molecule has 3 aromatic rings. The highest BCUT2D eigenvalue weighted by Gasteiger charge is 2.47. The van der Waals surface area contributed by atoms with Gasteiger partial charge in [0.2, 0.25) is 0 Å². The molecule has 5 rings (SSSR count). The van der Waals surface area contributed by atoms with Gasteiger partial charge in [-0.2, -0.15) is 0 Å². The van der Waals surface area contributed by atoms with E-state index < -0.39 is 11.3 Å². The van der Waals surface area contributed by atoms with E-state index in [1.807, 2.05) is 49.4 Å². The number of hydrogen-bond donors (Lipinski definition) is 2. The molecule has 0 aliphatic carbocycles. The molecule has 0 amide bonds. The van der Waals surface area contributed by atoms with E-state index in [4.69, 9.17) is 27.9 Å². The third-order valence-electron chi connectivity index (χ3n) is 7.98. The normalized spacial score (nSPS) is 22.1. The van der Waals surface area contributed by atoms with Gasteiger partial charge in [0, 0.05) is 81.8 Å². The Labute approximate surface area is 240 Å². The molecule has 0 saturated carbocycles. The standard InChI is InChI=1S/C30H36Cl2N4O3/c1-29(38,21-35-13-11-34(12-14-35)15-16-37)24-5-10-28-22(17-24)19-36(20-27-9-8-26(32)18-33-27)30(28,39-2)23-3-6-25(31)7-4-23/h3-10,17-18,37-38H,11-16,19-21H2,1-2H3/t29?,30-/m1/s1. The summed E-state index contributed by atoms with van der Waals surface area (Å²) in [6.45, 7) is 8.01. The number of aliphatic hydroxyl groups is 2. The zero-order valence-electron chi connectivity index (χ0n) is 22.5. The lowest BCUT2D eigenvalue weighted by Crippen LogP contribution is -2.50. The summed E-state index contributed by atoms with van der Waals surface area (Å²) < 4.78 is 6.37. The van der Waals surface area contributed by atoms with E-state index in [-0.39, 0.29) is 6.61 Å². The molecule has 1 unspecified atom stereocenters. The van der Waals surface area contributed by atoms with E-state index in [1.165, 1.54) is 0 Å². The maximum atomic E-state index is 11.6. The van der Waals surface area contributed by atoms with Gasteiger partial charge >= 0.3 is 0 Å². The van der Waals surface area contributed by atoms with Crippen LogP contribution in [0.5, 0.6) is 0 Å². The highest BCUT2D eigenvalue weighted by Crippen LogP contribution is 2.46. The maximum absolute atomic E-state index is 11.6. The molecule has 3 heterocycles. The second kappa shape index (κ2) is 11.8. The molecule has 9 heteroatoms. The van der Waals surface area contributed by atoms with Crippen molar-refractivity contribution in [2.75, 3.05) is 53.0 Å². The number of halogens is 2. The van der Waals surface area contributed by atoms with Crippen molar-refractivity contribution in [2.24, 2.45) is 0 Å². The van der Waals surface area contributed by atoms with Crippen LogP contribution in [0.3, 0.4) is 0 Å². The first-order valence-corrected chi connectivity index (χ1v) is 14.1. The first kappa shape index (κ1) is 28.5. The summed E-state index contributed by atoms with van der Waals surface area (Å²) in [5.74, 6) is 0. The number of aromatic nitrogens is 1. The summed E-state index contributed by atoms with van der Waals surface area (Å²) >= 11 is 12.3. The number of pyridine rings is 1. The minimum atomic E-state index is -1.02. The minimum Gasteiger partial charge on any atom is -0.395 e. The number of methoxy groups -OCH3 is 1. The molecule has 0 spiro atoms. The van der Waals surface area contributed by atoms with Gasteiger partial charge in [0.15, 0.2) is 5.72 Å². The lowest BCUT2D eigenvalue weighted by atomic mass is 9.88. The second-order valence-corrected chi connectivity index (χ2v) is 11.5. The van der Waals surface area contributed by atoms with Gasteiger partial charge in [-0.25, -0.2) is 0 Å². The van der Waals surface area contributed by atoms with Crippen LogP contribution in [-0.2, 0) is 29.2 Å². The summed E-state index contributed by atoms with van der Waals surface area (Å²) in [4.78, 5) is 11.4. The molecule has 2 atom stereocenters. The van der Waals surface area contributed by atoms with Crippen molar-refractivity contribution in [3.05, 3.63) is 98.8 Å². The van der Waals surface area contributed by atoms with E-state index in [2.05, 4.69) is 31.8 Å². The fraction of sp³-hybridized carbons (Fsp3) is 0.433. The molecule has 0 bridgehead atoms. The Morgan fingerprint density at radius 2 is 1.67 bits per heavy atom. The molecule has 2 aliphatic heterocycles. The van der Waals surface area contributed by atoms with Crippen LogP contribution < -0.4 is 0 Å². The van der Waals surface area contributed by atoms with Crippen LogP contribution in [0.25, 0.3) is 0 Å². The first-order chi connectivity index (χ1) is 18.7. The fourth-order valence-corrected chi connectivity index (χ4v) is 6.19. The molecule has 1 saturated heterocycles. The van der Waals surface area contributed by atoms with Gasteiger partial charge in [-0.3, -0.25) is 19.7 Å². The van der Waals surface area contributed by atoms with Crippen LogP contribution >= 0.6 is 23.2 Å². The van der Waals surface area contributed by atoms with Crippen LogP contribution in [0.15, 0.2) is 60.8 Å². The third-order valence-corrected chi connectivity index (χ3v) is 8.46. The van der Waals surface area contributed by atoms with Crippen molar-refractivity contribution in [3.63, 3.8) is 0 Å². The predicted octanol–water partition coefficient (Wildman–Crippen LogP) is 4.07. The zero-order chi connectivity index (χ0) is 27.6. The molecule has 2 aromatic carbocycles. The number of ether oxygens (including phenoxy) is 1. The number of β-amino-alcohol motifs (C(OH)–C–C–N with tert-alkyl or cyclic N) is 2. The van der Waals surface area contributed by atoms with Crippen molar-refractivity contribution in [2.45, 2.75) is 31.3 Å². The highest BCUT2D eigenvalue weighted by atomic mass is 35.5. The van der Waals surface area contributed by atoms with E-state index in [1.54, 1.807) is 13.3 Å². The average molecular weight is 572 g/mol. The van der Waals surface area contributed by atoms with Gasteiger partial charge in [-0.1, -0.05) is 53.5 Å². The molecular weight excluding hydrogens is 535 g/mol. The predicted molar refractivity (Wildman–Crippen MR) is 154 cm³/mol. The van der Waals surface area contributed by atoms with Gasteiger partial charge in [0.25, 0.3) is 0 Å². The number of hydrogen-bond acceptors (Lipinski definition) is 7. The van der Waals surface area contributed by atoms with Crippen molar-refractivity contribution in [1.29, 1.82) is 0 Å². The Kier molecular flexibility index (Phi) is 8.62. The SMILES string of the molecule is CO[C@]1(c2ccc(Cl)cc2)c2ccc(C(C)(O)CN3CCN(CCO)CC3)cc2CN1Cc1ccc(Cl)cn1. The van der Waals surface area contributed by atoms with Crippen LogP contribution in [-0.4, -0.2) is 82.9 Å². The number of piperazine rings is 1. The molecule has 2 aliphatic rings. The van der Waals surface area contributed by atoms with Gasteiger partial charge in [-0.05, 0) is 42.3 Å². The summed E-state index contributed by atoms with van der Waals surface area (Å²) in [5, 5.41) is 22.1. The largest absolute Gasteiger partial charge is 0.395 e. The quantitative estimate of drug-likeness (QED) is 0.401. The lowest BCUT2D eigenvalue weighted by molar-refractivity contribution is -0.107. The van der Waals surface area contributed by atoms with Crippen LogP contribution in [0.4, 0.5) is 0 Å². The Bertz CT molecular complexity index is 1260. The zero-order valence-corrected chi connectivity index (χ0v) is 24.0. The lowest BCUT2D eigenvalue weighted by Gasteiger charge is -2.39. The van der Waals surface area contributed by atoms with Gasteiger partial charge in [0.1, 0.15) is 0 Å². The minimum absolute atomic E-state index is 0.178. The van der Waals surface area contributed by atoms with E-state index in [9.17, 15) is 10.2 Å². The van der Waals surface area contributed by atoms with Gasteiger partial charge in [0.05, 0.1) is 22.9 Å². The van der Waals surface area contributed by atoms with E-state index in [0.717, 1.165) is 54.1 Å². The topological polar surface area (TPSA) is 72.3 Å². The molecule has 1 fully saturated rings. The molecule has 0 radical (unpaired) electrons. The fourth-order valence-electron chi connectivity index (χ4n) is 5.95. The smallest absolute Gasteiger partial charge is 0.174 e. The number of rotatable bonds is 9. The van der Waals surface area contributed by atoms with Crippen molar-refractivity contribution >= 4 is 23.2 Å². The molecule has 2 N–H and O–H groups in total. The summed E-state index contributed by atoms with van der Waals surface area (Å²) in [5.41, 5.74) is 3.03. The monoisotopic (exact) mass is 570 g/mol. The van der Waals surface area contributed by atoms with Crippen LogP contribution in [0.1, 0.15) is 34.9 Å². The van der Waals surface area contributed by atoms with Gasteiger partial charge < -0.3 is 14.9 Å². The van der Waals surface area contributed by atoms with Gasteiger partial charge in [-0.15, -0.1) is 0 Å². The molecule has 1 aromatic heterocycles. The molecular formula is C30H36Cl2N4O3. The molecule has 208 valence electrons. The third kappa shape index (κ3) is 5.87. The molecule has 7 nitrogen and oxygen atoms in total. The average Bonchev–Trinajstić information content (AvgIpc) is 3.24. The van der Waals surface area contributed by atoms with E-state index >= 15 is 0 Å². The summed E-state index contributed by atoms with van der Waals surface area (Å²) in [6.07, 6.45) is 1.66. The van der Waals surface area contributed by atoms with Crippen molar-refractivity contribution < 1.29 is 14.9 Å². The molecule has 39 heavy (non-hydrogen) atoms. The van der Waals surface area contributed by atoms with Crippen molar-refractivity contribution in [3.8, 4) is 0 Å². The summed E-state index contributed by atoms with van der Waals surface area (Å²) in [6, 6.07) is 17.8. The second-order valence-electron chi connectivity index (χ2n) is 10.7.